The number of nitrogens with zero attached hydrogens (tertiary/aromatic N) is 2. The fraction of sp³-hybridized carbons (Fsp3) is 0.0870. The van der Waals surface area contributed by atoms with Crippen LogP contribution in [0.1, 0.15) is 5.56 Å². The molecule has 0 aliphatic rings. The highest BCUT2D eigenvalue weighted by Gasteiger charge is 2.11. The number of carbonyl (C=O) groups excluding carboxylic acids is 1. The molecule has 4 rings (SSSR count). The lowest BCUT2D eigenvalue weighted by Crippen LogP contribution is -2.22. The molecule has 144 valence electrons. The van der Waals surface area contributed by atoms with E-state index >= 15 is 0 Å². The molecule has 4 aromatic rings. The summed E-state index contributed by atoms with van der Waals surface area (Å²) in [6.45, 7) is 2.09. The number of rotatable bonds is 5. The van der Waals surface area contributed by atoms with Crippen LogP contribution in [0.2, 0.25) is 5.02 Å². The smallest absolute Gasteiger partial charge is 0.243 e. The van der Waals surface area contributed by atoms with Crippen molar-refractivity contribution in [3.8, 4) is 11.3 Å². The average molecular weight is 403 g/mol. The minimum absolute atomic E-state index is 0.0498. The van der Waals surface area contributed by atoms with Gasteiger partial charge in [0, 0.05) is 21.7 Å². The molecule has 0 fully saturated rings. The summed E-state index contributed by atoms with van der Waals surface area (Å²) >= 11 is 5.87. The van der Waals surface area contributed by atoms with Gasteiger partial charge in [-0.2, -0.15) is 0 Å². The zero-order valence-corrected chi connectivity index (χ0v) is 16.6. The maximum Gasteiger partial charge on any atom is 0.243 e. The Bertz CT molecular complexity index is 1160. The van der Waals surface area contributed by atoms with Crippen LogP contribution in [-0.2, 0) is 4.79 Å². The van der Waals surface area contributed by atoms with E-state index in [9.17, 15) is 4.79 Å². The monoisotopic (exact) mass is 402 g/mol. The lowest BCUT2D eigenvalue weighted by Gasteiger charge is -2.11. The number of aryl methyl sites for hydroxylation is 1. The summed E-state index contributed by atoms with van der Waals surface area (Å²) in [5.74, 6) is 0.215. The Morgan fingerprint density at radius 2 is 1.72 bits per heavy atom. The van der Waals surface area contributed by atoms with E-state index in [4.69, 9.17) is 11.6 Å². The van der Waals surface area contributed by atoms with E-state index in [2.05, 4.69) is 26.7 Å². The van der Waals surface area contributed by atoms with Crippen LogP contribution in [0.4, 0.5) is 11.6 Å². The van der Waals surface area contributed by atoms with Gasteiger partial charge in [0.05, 0.1) is 17.8 Å². The average Bonchev–Trinajstić information content (AvgIpc) is 2.74. The predicted octanol–water partition coefficient (Wildman–Crippen LogP) is 5.31. The number of hydrogen-bond donors (Lipinski definition) is 2. The van der Waals surface area contributed by atoms with Crippen LogP contribution in [0.5, 0.6) is 0 Å². The summed E-state index contributed by atoms with van der Waals surface area (Å²) in [4.78, 5) is 21.5. The molecule has 29 heavy (non-hydrogen) atoms. The molecule has 0 saturated carbocycles. The summed E-state index contributed by atoms with van der Waals surface area (Å²) in [6, 6.07) is 23.0. The Hall–Kier alpha value is -3.44. The van der Waals surface area contributed by atoms with Crippen LogP contribution in [-0.4, -0.2) is 22.4 Å². The number of aromatic nitrogens is 2. The first-order valence-corrected chi connectivity index (χ1v) is 9.59. The normalized spacial score (nSPS) is 10.7. The number of anilines is 2. The summed E-state index contributed by atoms with van der Waals surface area (Å²) in [5.41, 5.74) is 4.48. The first-order valence-electron chi connectivity index (χ1n) is 9.21. The van der Waals surface area contributed by atoms with E-state index in [1.807, 2.05) is 49.4 Å². The van der Waals surface area contributed by atoms with Crippen LogP contribution >= 0.6 is 11.6 Å². The fourth-order valence-corrected chi connectivity index (χ4v) is 3.16. The molecule has 6 heteroatoms. The molecular weight excluding hydrogens is 384 g/mol. The van der Waals surface area contributed by atoms with Crippen molar-refractivity contribution in [2.24, 2.45) is 0 Å². The van der Waals surface area contributed by atoms with Crippen LogP contribution in [0, 0.1) is 6.92 Å². The molecule has 0 spiro atoms. The highest BCUT2D eigenvalue weighted by molar-refractivity contribution is 6.30. The molecule has 3 aromatic carbocycles. The maximum absolute atomic E-state index is 12.3. The molecule has 1 aromatic heterocycles. The summed E-state index contributed by atoms with van der Waals surface area (Å²) in [6.07, 6.45) is 0. The standard InChI is InChI=1S/C23H19ClN4O/c1-15-7-12-20-19(13-15)22(16-5-3-2-4-6-16)28-23(27-20)25-14-21(29)26-18-10-8-17(24)9-11-18/h2-13H,14H2,1H3,(H,26,29)(H,25,27,28). The second-order valence-electron chi connectivity index (χ2n) is 6.69. The molecule has 0 aliphatic heterocycles. The zero-order chi connectivity index (χ0) is 20.2. The maximum atomic E-state index is 12.3. The van der Waals surface area contributed by atoms with Crippen molar-refractivity contribution in [1.29, 1.82) is 0 Å². The van der Waals surface area contributed by atoms with Crippen molar-refractivity contribution in [3.05, 3.63) is 83.4 Å². The van der Waals surface area contributed by atoms with Gasteiger partial charge in [-0.15, -0.1) is 0 Å². The number of halogens is 1. The van der Waals surface area contributed by atoms with Crippen molar-refractivity contribution in [2.45, 2.75) is 6.92 Å². The molecule has 1 amide bonds. The third-order valence-corrected chi connectivity index (χ3v) is 4.69. The minimum atomic E-state index is -0.193. The van der Waals surface area contributed by atoms with Gasteiger partial charge < -0.3 is 10.6 Å². The molecule has 2 N–H and O–H groups in total. The van der Waals surface area contributed by atoms with E-state index in [0.29, 0.717) is 16.7 Å². The van der Waals surface area contributed by atoms with Crippen LogP contribution in [0.15, 0.2) is 72.8 Å². The highest BCUT2D eigenvalue weighted by Crippen LogP contribution is 2.28. The zero-order valence-electron chi connectivity index (χ0n) is 15.8. The van der Waals surface area contributed by atoms with E-state index in [-0.39, 0.29) is 12.5 Å². The van der Waals surface area contributed by atoms with Crippen LogP contribution < -0.4 is 10.6 Å². The number of nitrogens with one attached hydrogen (secondary N) is 2. The first-order chi connectivity index (χ1) is 14.1. The van der Waals surface area contributed by atoms with Crippen molar-refractivity contribution in [2.75, 3.05) is 17.2 Å². The van der Waals surface area contributed by atoms with Gasteiger partial charge in [-0.1, -0.05) is 53.6 Å². The van der Waals surface area contributed by atoms with E-state index in [1.54, 1.807) is 24.3 Å². The largest absolute Gasteiger partial charge is 0.345 e. The molecule has 0 aliphatic carbocycles. The molecule has 0 unspecified atom stereocenters. The number of hydrogen-bond acceptors (Lipinski definition) is 4. The molecule has 1 heterocycles. The third kappa shape index (κ3) is 4.52. The number of fused-ring (bicyclic) bond motifs is 1. The topological polar surface area (TPSA) is 66.9 Å². The molecule has 5 nitrogen and oxygen atoms in total. The Balaban J connectivity index is 1.58. The van der Waals surface area contributed by atoms with Gasteiger partial charge >= 0.3 is 0 Å². The molecule has 0 saturated heterocycles. The first kappa shape index (κ1) is 18.9. The number of carbonyl (C=O) groups is 1. The Morgan fingerprint density at radius 3 is 2.48 bits per heavy atom. The summed E-state index contributed by atoms with van der Waals surface area (Å²) in [7, 11) is 0. The molecule has 0 atom stereocenters. The minimum Gasteiger partial charge on any atom is -0.345 e. The van der Waals surface area contributed by atoms with E-state index < -0.39 is 0 Å². The summed E-state index contributed by atoms with van der Waals surface area (Å²) < 4.78 is 0. The van der Waals surface area contributed by atoms with Crippen molar-refractivity contribution in [1.82, 2.24) is 9.97 Å². The van der Waals surface area contributed by atoms with E-state index in [1.165, 1.54) is 0 Å². The number of amides is 1. The lowest BCUT2D eigenvalue weighted by atomic mass is 10.0. The third-order valence-electron chi connectivity index (χ3n) is 4.43. The Kier molecular flexibility index (Phi) is 5.40. The van der Waals surface area contributed by atoms with Crippen molar-refractivity contribution >= 4 is 40.0 Å². The van der Waals surface area contributed by atoms with Gasteiger partial charge in [-0.3, -0.25) is 4.79 Å². The fourth-order valence-electron chi connectivity index (χ4n) is 3.04. The molecular formula is C23H19ClN4O. The molecule has 0 radical (unpaired) electrons. The quantitative estimate of drug-likeness (QED) is 0.474. The molecule has 0 bridgehead atoms. The van der Waals surface area contributed by atoms with Crippen LogP contribution in [0.3, 0.4) is 0 Å². The van der Waals surface area contributed by atoms with E-state index in [0.717, 1.165) is 27.7 Å². The summed E-state index contributed by atoms with van der Waals surface area (Å²) in [5, 5.41) is 7.45. The van der Waals surface area contributed by atoms with Gasteiger partial charge in [0.25, 0.3) is 0 Å². The van der Waals surface area contributed by atoms with Crippen LogP contribution in [0.25, 0.3) is 22.2 Å². The van der Waals surface area contributed by atoms with Gasteiger partial charge in [0.1, 0.15) is 0 Å². The predicted molar refractivity (Wildman–Crippen MR) is 118 cm³/mol. The van der Waals surface area contributed by atoms with Crippen molar-refractivity contribution in [3.63, 3.8) is 0 Å². The number of benzene rings is 3. The van der Waals surface area contributed by atoms with Gasteiger partial charge in [0.15, 0.2) is 0 Å². The van der Waals surface area contributed by atoms with Crippen molar-refractivity contribution < 1.29 is 4.79 Å². The highest BCUT2D eigenvalue weighted by atomic mass is 35.5. The second kappa shape index (κ2) is 8.29. The van der Waals surface area contributed by atoms with Gasteiger partial charge in [-0.05, 0) is 43.3 Å². The Morgan fingerprint density at radius 1 is 0.966 bits per heavy atom. The SMILES string of the molecule is Cc1ccc2nc(NCC(=O)Nc3ccc(Cl)cc3)nc(-c3ccccc3)c2c1. The van der Waals surface area contributed by atoms with Gasteiger partial charge in [0.2, 0.25) is 11.9 Å². The Labute approximate surface area is 173 Å². The van der Waals surface area contributed by atoms with Gasteiger partial charge in [-0.25, -0.2) is 9.97 Å². The second-order valence-corrected chi connectivity index (χ2v) is 7.13. The lowest BCUT2D eigenvalue weighted by molar-refractivity contribution is -0.114.